The second-order valence-electron chi connectivity index (χ2n) is 7.34. The molecular formula is C19H25ClN4O. The van der Waals surface area contributed by atoms with Crippen LogP contribution >= 0.6 is 11.6 Å². The van der Waals surface area contributed by atoms with Gasteiger partial charge in [0.2, 0.25) is 0 Å². The van der Waals surface area contributed by atoms with E-state index in [0.717, 1.165) is 30.4 Å². The van der Waals surface area contributed by atoms with Crippen LogP contribution in [-0.4, -0.2) is 22.4 Å². The van der Waals surface area contributed by atoms with E-state index in [2.05, 4.69) is 29.6 Å². The quantitative estimate of drug-likeness (QED) is 0.872. The molecule has 1 aromatic heterocycles. The van der Waals surface area contributed by atoms with Gasteiger partial charge in [-0.3, -0.25) is 4.68 Å². The first-order chi connectivity index (χ1) is 11.9. The number of nitrogens with zero attached hydrogens (tertiary/aromatic N) is 2. The van der Waals surface area contributed by atoms with Crippen LogP contribution in [0.3, 0.4) is 0 Å². The lowest BCUT2D eigenvalue weighted by Gasteiger charge is -2.28. The van der Waals surface area contributed by atoms with Crippen molar-refractivity contribution in [2.24, 2.45) is 7.05 Å². The van der Waals surface area contributed by atoms with Gasteiger partial charge in [-0.25, -0.2) is 4.79 Å². The zero-order valence-corrected chi connectivity index (χ0v) is 15.7. The molecule has 2 N–H and O–H groups in total. The molecule has 0 unspecified atom stereocenters. The van der Waals surface area contributed by atoms with Crippen LogP contribution in [0.15, 0.2) is 30.5 Å². The highest BCUT2D eigenvalue weighted by Crippen LogP contribution is 2.29. The predicted octanol–water partition coefficient (Wildman–Crippen LogP) is 3.73. The molecule has 0 saturated heterocycles. The molecule has 0 aliphatic heterocycles. The number of carbonyl (C=O) groups excluding carboxylic acids is 1. The molecule has 2 aromatic rings. The van der Waals surface area contributed by atoms with Crippen LogP contribution < -0.4 is 10.6 Å². The molecule has 134 valence electrons. The number of aromatic nitrogens is 2. The van der Waals surface area contributed by atoms with Crippen molar-refractivity contribution in [3.8, 4) is 0 Å². The number of nitrogens with one attached hydrogen (secondary N) is 2. The molecule has 0 bridgehead atoms. The van der Waals surface area contributed by atoms with Gasteiger partial charge < -0.3 is 10.6 Å². The first-order valence-corrected chi connectivity index (χ1v) is 9.06. The van der Waals surface area contributed by atoms with E-state index in [1.54, 1.807) is 0 Å². The number of fused-ring (bicyclic) bond motifs is 1. The van der Waals surface area contributed by atoms with Gasteiger partial charge in [0, 0.05) is 35.3 Å². The molecule has 6 heteroatoms. The number of rotatable bonds is 4. The number of aryl methyl sites for hydroxylation is 1. The smallest absolute Gasteiger partial charge is 0.315 e. The number of carbonyl (C=O) groups is 1. The van der Waals surface area contributed by atoms with Crippen molar-refractivity contribution < 1.29 is 4.79 Å². The summed E-state index contributed by atoms with van der Waals surface area (Å²) in [6.07, 6.45) is 4.90. The van der Waals surface area contributed by atoms with E-state index in [1.807, 2.05) is 42.2 Å². The Balaban J connectivity index is 1.60. The van der Waals surface area contributed by atoms with E-state index in [1.165, 1.54) is 5.69 Å². The minimum atomic E-state index is -0.200. The van der Waals surface area contributed by atoms with Crippen molar-refractivity contribution in [2.75, 3.05) is 6.54 Å². The molecule has 25 heavy (non-hydrogen) atoms. The van der Waals surface area contributed by atoms with Crippen LogP contribution in [-0.2, 0) is 18.9 Å². The maximum atomic E-state index is 12.4. The number of urea groups is 1. The molecule has 5 nitrogen and oxygen atoms in total. The van der Waals surface area contributed by atoms with Crippen LogP contribution in [0, 0.1) is 0 Å². The Kier molecular flexibility index (Phi) is 5.04. The van der Waals surface area contributed by atoms with Crippen molar-refractivity contribution in [1.82, 2.24) is 20.4 Å². The Bertz CT molecular complexity index is 769. The lowest BCUT2D eigenvalue weighted by atomic mass is 9.84. The van der Waals surface area contributed by atoms with E-state index >= 15 is 0 Å². The van der Waals surface area contributed by atoms with Crippen molar-refractivity contribution in [2.45, 2.75) is 44.6 Å². The standard InChI is InChI=1S/C19H25ClN4O/c1-19(2,13-6-4-7-14(20)10-13)12-21-18(25)23-16-8-5-9-17-15(16)11-22-24(17)3/h4,6-7,10-11,16H,5,8-9,12H2,1-3H3,(H2,21,23,25)/t16-/m1/s1. The fourth-order valence-corrected chi connectivity index (χ4v) is 3.57. The highest BCUT2D eigenvalue weighted by molar-refractivity contribution is 6.30. The number of hydrogen-bond acceptors (Lipinski definition) is 2. The Morgan fingerprint density at radius 1 is 1.44 bits per heavy atom. The summed E-state index contributed by atoms with van der Waals surface area (Å²) >= 11 is 6.08. The van der Waals surface area contributed by atoms with Gasteiger partial charge in [-0.05, 0) is 37.0 Å². The maximum Gasteiger partial charge on any atom is 0.315 e. The highest BCUT2D eigenvalue weighted by atomic mass is 35.5. The molecule has 1 aliphatic carbocycles. The third kappa shape index (κ3) is 3.98. The highest BCUT2D eigenvalue weighted by Gasteiger charge is 2.26. The maximum absolute atomic E-state index is 12.4. The van der Waals surface area contributed by atoms with Crippen molar-refractivity contribution in [3.63, 3.8) is 0 Å². The van der Waals surface area contributed by atoms with Gasteiger partial charge in [-0.1, -0.05) is 37.6 Å². The molecule has 0 spiro atoms. The van der Waals surface area contributed by atoms with Crippen LogP contribution in [0.2, 0.25) is 5.02 Å². The molecule has 2 amide bonds. The van der Waals surface area contributed by atoms with E-state index in [9.17, 15) is 4.79 Å². The zero-order chi connectivity index (χ0) is 18.0. The average molecular weight is 361 g/mol. The molecule has 1 heterocycles. The topological polar surface area (TPSA) is 59.0 Å². The molecule has 1 aromatic carbocycles. The second-order valence-corrected chi connectivity index (χ2v) is 7.77. The fourth-order valence-electron chi connectivity index (χ4n) is 3.38. The van der Waals surface area contributed by atoms with Gasteiger partial charge in [-0.15, -0.1) is 0 Å². The lowest BCUT2D eigenvalue weighted by Crippen LogP contribution is -2.44. The minimum absolute atomic E-state index is 0.0340. The monoisotopic (exact) mass is 360 g/mol. The Labute approximate surface area is 153 Å². The third-order valence-corrected chi connectivity index (χ3v) is 5.21. The Morgan fingerprint density at radius 2 is 2.24 bits per heavy atom. The fraction of sp³-hybridized carbons (Fsp3) is 0.474. The van der Waals surface area contributed by atoms with E-state index in [-0.39, 0.29) is 17.5 Å². The summed E-state index contributed by atoms with van der Waals surface area (Å²) in [6, 6.07) is 7.67. The van der Waals surface area contributed by atoms with Crippen LogP contribution in [0.1, 0.15) is 49.6 Å². The molecule has 1 atom stereocenters. The van der Waals surface area contributed by atoms with Gasteiger partial charge >= 0.3 is 6.03 Å². The number of benzene rings is 1. The van der Waals surface area contributed by atoms with Crippen molar-refractivity contribution in [3.05, 3.63) is 52.3 Å². The summed E-state index contributed by atoms with van der Waals surface area (Å²) in [5.41, 5.74) is 3.26. The first-order valence-electron chi connectivity index (χ1n) is 8.68. The van der Waals surface area contributed by atoms with E-state index < -0.39 is 0 Å². The Morgan fingerprint density at radius 3 is 3.00 bits per heavy atom. The Hall–Kier alpha value is -2.01. The summed E-state index contributed by atoms with van der Waals surface area (Å²) in [5.74, 6) is 0. The molecule has 0 fully saturated rings. The van der Waals surface area contributed by atoms with Crippen molar-refractivity contribution in [1.29, 1.82) is 0 Å². The average Bonchev–Trinajstić information content (AvgIpc) is 2.96. The molecule has 0 saturated carbocycles. The van der Waals surface area contributed by atoms with Crippen LogP contribution in [0.4, 0.5) is 4.79 Å². The van der Waals surface area contributed by atoms with Gasteiger partial charge in [0.15, 0.2) is 0 Å². The lowest BCUT2D eigenvalue weighted by molar-refractivity contribution is 0.233. The normalized spacial score (nSPS) is 17.0. The number of hydrogen-bond donors (Lipinski definition) is 2. The minimum Gasteiger partial charge on any atom is -0.337 e. The van der Waals surface area contributed by atoms with Crippen LogP contribution in [0.25, 0.3) is 0 Å². The summed E-state index contributed by atoms with van der Waals surface area (Å²) < 4.78 is 1.91. The number of amides is 2. The summed E-state index contributed by atoms with van der Waals surface area (Å²) in [7, 11) is 1.95. The van der Waals surface area contributed by atoms with Gasteiger partial charge in [0.1, 0.15) is 0 Å². The van der Waals surface area contributed by atoms with E-state index in [4.69, 9.17) is 11.6 Å². The first kappa shape index (κ1) is 17.8. The summed E-state index contributed by atoms with van der Waals surface area (Å²) in [6.45, 7) is 4.73. The largest absolute Gasteiger partial charge is 0.337 e. The molecular weight excluding hydrogens is 336 g/mol. The van der Waals surface area contributed by atoms with Gasteiger partial charge in [0.25, 0.3) is 0 Å². The second kappa shape index (κ2) is 7.08. The number of halogens is 1. The third-order valence-electron chi connectivity index (χ3n) is 4.98. The molecule has 0 radical (unpaired) electrons. The zero-order valence-electron chi connectivity index (χ0n) is 15.0. The summed E-state index contributed by atoms with van der Waals surface area (Å²) in [4.78, 5) is 12.4. The van der Waals surface area contributed by atoms with E-state index in [0.29, 0.717) is 11.6 Å². The predicted molar refractivity (Wildman–Crippen MR) is 99.9 cm³/mol. The van der Waals surface area contributed by atoms with Gasteiger partial charge in [0.05, 0.1) is 12.2 Å². The molecule has 1 aliphatic rings. The SMILES string of the molecule is Cn1ncc2c1CCC[C@H]2NC(=O)NCC(C)(C)c1cccc(Cl)c1. The van der Waals surface area contributed by atoms with Gasteiger partial charge in [-0.2, -0.15) is 5.10 Å². The molecule has 3 rings (SSSR count). The van der Waals surface area contributed by atoms with Crippen molar-refractivity contribution >= 4 is 17.6 Å². The summed E-state index contributed by atoms with van der Waals surface area (Å²) in [5, 5.41) is 11.1. The van der Waals surface area contributed by atoms with Crippen LogP contribution in [0.5, 0.6) is 0 Å².